The number of aryl methyl sites for hydroxylation is 1. The molecule has 50 heavy (non-hydrogen) atoms. The van der Waals surface area contributed by atoms with Crippen LogP contribution in [0.4, 0.5) is 11.4 Å². The van der Waals surface area contributed by atoms with E-state index in [4.69, 9.17) is 27.9 Å². The van der Waals surface area contributed by atoms with Gasteiger partial charge in [0.05, 0.1) is 22.6 Å². The van der Waals surface area contributed by atoms with Gasteiger partial charge in [0.15, 0.2) is 0 Å². The van der Waals surface area contributed by atoms with Crippen molar-refractivity contribution in [1.82, 2.24) is 10.2 Å². The molecular weight excluding hydrogens is 703 g/mol. The van der Waals surface area contributed by atoms with Gasteiger partial charge in [0.2, 0.25) is 11.8 Å². The number of halogens is 2. The second-order valence-corrected chi connectivity index (χ2v) is 14.8. The van der Waals surface area contributed by atoms with E-state index in [9.17, 15) is 28.1 Å². The molecule has 1 atom stereocenters. The zero-order valence-corrected chi connectivity index (χ0v) is 30.3. The third kappa shape index (κ3) is 9.52. The summed E-state index contributed by atoms with van der Waals surface area (Å²) in [6.07, 6.45) is 0.120. The molecule has 4 aromatic rings. The topological polar surface area (TPSA) is 139 Å². The number of nitro benzene ring substituents is 1. The number of methoxy groups -OCH3 is 1. The number of ether oxygens (including phenoxy) is 1. The van der Waals surface area contributed by atoms with E-state index in [2.05, 4.69) is 5.32 Å². The summed E-state index contributed by atoms with van der Waals surface area (Å²) in [6.45, 7) is 4.80. The van der Waals surface area contributed by atoms with Crippen LogP contribution in [0.1, 0.15) is 30.5 Å². The molecule has 0 heterocycles. The fourth-order valence-corrected chi connectivity index (χ4v) is 7.07. The van der Waals surface area contributed by atoms with E-state index in [0.717, 1.165) is 15.9 Å². The van der Waals surface area contributed by atoms with Gasteiger partial charge in [-0.1, -0.05) is 85.6 Å². The van der Waals surface area contributed by atoms with Crippen molar-refractivity contribution in [2.24, 2.45) is 5.92 Å². The van der Waals surface area contributed by atoms with Gasteiger partial charge in [0.1, 0.15) is 18.3 Å². The van der Waals surface area contributed by atoms with E-state index in [-0.39, 0.29) is 40.9 Å². The highest BCUT2D eigenvalue weighted by molar-refractivity contribution is 7.92. The molecule has 0 spiro atoms. The summed E-state index contributed by atoms with van der Waals surface area (Å²) in [5.74, 6) is -0.980. The number of hydrogen-bond donors (Lipinski definition) is 1. The van der Waals surface area contributed by atoms with Crippen molar-refractivity contribution >= 4 is 56.4 Å². The van der Waals surface area contributed by atoms with Crippen molar-refractivity contribution in [3.05, 3.63) is 128 Å². The average Bonchev–Trinajstić information content (AvgIpc) is 3.07. The number of sulfonamides is 1. The van der Waals surface area contributed by atoms with Crippen LogP contribution in [0.25, 0.3) is 0 Å². The lowest BCUT2D eigenvalue weighted by Gasteiger charge is -2.34. The molecule has 0 aliphatic carbocycles. The van der Waals surface area contributed by atoms with Crippen molar-refractivity contribution in [3.63, 3.8) is 0 Å². The molecule has 11 nitrogen and oxygen atoms in total. The Morgan fingerprint density at radius 1 is 0.920 bits per heavy atom. The molecule has 0 aliphatic rings. The van der Waals surface area contributed by atoms with Crippen molar-refractivity contribution in [2.75, 3.05) is 24.5 Å². The van der Waals surface area contributed by atoms with Crippen LogP contribution in [0.15, 0.2) is 95.9 Å². The number of carbonyl (C=O) groups excluding carboxylic acids is 2. The highest BCUT2D eigenvalue weighted by Gasteiger charge is 2.36. The first-order chi connectivity index (χ1) is 23.7. The highest BCUT2D eigenvalue weighted by atomic mass is 35.5. The van der Waals surface area contributed by atoms with Gasteiger partial charge >= 0.3 is 0 Å². The first-order valence-corrected chi connectivity index (χ1v) is 17.9. The number of nitro groups is 1. The molecule has 0 bridgehead atoms. The summed E-state index contributed by atoms with van der Waals surface area (Å²) in [5, 5.41) is 15.3. The van der Waals surface area contributed by atoms with Crippen molar-refractivity contribution in [2.45, 2.75) is 44.7 Å². The number of carbonyl (C=O) groups is 2. The van der Waals surface area contributed by atoms with E-state index in [1.807, 2.05) is 44.2 Å². The van der Waals surface area contributed by atoms with Crippen molar-refractivity contribution in [3.8, 4) is 5.75 Å². The minimum atomic E-state index is -4.69. The molecule has 0 fully saturated rings. The smallest absolute Gasteiger partial charge is 0.273 e. The minimum absolute atomic E-state index is 0.0734. The quantitative estimate of drug-likeness (QED) is 0.104. The minimum Gasteiger partial charge on any atom is -0.495 e. The maximum atomic E-state index is 14.7. The van der Waals surface area contributed by atoms with Crippen LogP contribution in [0.2, 0.25) is 10.0 Å². The maximum Gasteiger partial charge on any atom is 0.273 e. The molecular formula is C36H38Cl2N4O7S. The molecule has 0 aliphatic heterocycles. The summed E-state index contributed by atoms with van der Waals surface area (Å²) in [7, 11) is -3.36. The summed E-state index contributed by atoms with van der Waals surface area (Å²) in [5.41, 5.74) is 1.13. The van der Waals surface area contributed by atoms with Gasteiger partial charge in [-0.2, -0.15) is 0 Å². The van der Waals surface area contributed by atoms with E-state index in [0.29, 0.717) is 17.1 Å². The van der Waals surface area contributed by atoms with Gasteiger partial charge in [-0.15, -0.1) is 0 Å². The van der Waals surface area contributed by atoms with Crippen LogP contribution in [0.5, 0.6) is 5.75 Å². The number of hydrogen-bond acceptors (Lipinski definition) is 7. The molecule has 264 valence electrons. The van der Waals surface area contributed by atoms with E-state index >= 15 is 0 Å². The zero-order valence-electron chi connectivity index (χ0n) is 28.0. The average molecular weight is 742 g/mol. The molecule has 1 N–H and O–H groups in total. The summed E-state index contributed by atoms with van der Waals surface area (Å²) in [4.78, 5) is 40.7. The highest BCUT2D eigenvalue weighted by Crippen LogP contribution is 2.36. The molecule has 1 unspecified atom stereocenters. The summed E-state index contributed by atoms with van der Waals surface area (Å²) >= 11 is 12.6. The van der Waals surface area contributed by atoms with Crippen molar-refractivity contribution < 1.29 is 27.7 Å². The van der Waals surface area contributed by atoms with Crippen LogP contribution in [0, 0.1) is 23.0 Å². The first-order valence-electron chi connectivity index (χ1n) is 15.7. The lowest BCUT2D eigenvalue weighted by atomic mass is 10.0. The molecule has 0 saturated heterocycles. The third-order valence-corrected chi connectivity index (χ3v) is 10.1. The standard InChI is InChI=1S/C36H38Cl2N4O7S/c1-24(2)21-39-36(44)33(18-26-9-6-5-7-10-26)40(22-27-11-8-12-28(37)17-27)35(43)23-41(32-19-29(38)14-16-34(32)49-4)50(47,48)30-15-13-25(3)31(20-30)42(45)46/h5-17,19-20,24,33H,18,21-23H2,1-4H3,(H,39,44). The van der Waals surface area contributed by atoms with Gasteiger partial charge in [-0.25, -0.2) is 8.42 Å². The summed E-state index contributed by atoms with van der Waals surface area (Å²) in [6, 6.07) is 22.6. The van der Waals surface area contributed by atoms with Gasteiger partial charge in [0.25, 0.3) is 15.7 Å². The van der Waals surface area contributed by atoms with Gasteiger partial charge < -0.3 is 15.0 Å². The molecule has 2 amide bonds. The SMILES string of the molecule is COc1ccc(Cl)cc1N(CC(=O)N(Cc1cccc(Cl)c1)C(Cc1ccccc1)C(=O)NCC(C)C)S(=O)(=O)c1ccc(C)c([N+](=O)[O-])c1. The number of nitrogens with zero attached hydrogens (tertiary/aromatic N) is 3. The Bertz CT molecular complexity index is 1960. The van der Waals surface area contributed by atoms with Crippen LogP contribution in [-0.4, -0.2) is 56.3 Å². The third-order valence-electron chi connectivity index (χ3n) is 7.85. The van der Waals surface area contributed by atoms with E-state index in [1.165, 1.54) is 49.3 Å². The predicted molar refractivity (Wildman–Crippen MR) is 194 cm³/mol. The fraction of sp³-hybridized carbons (Fsp3) is 0.278. The molecule has 0 saturated carbocycles. The second kappa shape index (κ2) is 16.8. The van der Waals surface area contributed by atoms with Crippen LogP contribution in [0.3, 0.4) is 0 Å². The molecule has 4 aromatic carbocycles. The van der Waals surface area contributed by atoms with E-state index in [1.54, 1.807) is 24.3 Å². The normalized spacial score (nSPS) is 11.9. The molecule has 14 heteroatoms. The van der Waals surface area contributed by atoms with Crippen LogP contribution >= 0.6 is 23.2 Å². The second-order valence-electron chi connectivity index (χ2n) is 12.0. The Morgan fingerprint density at radius 2 is 1.60 bits per heavy atom. The van der Waals surface area contributed by atoms with Gasteiger partial charge in [-0.05, 0) is 60.4 Å². The number of nitrogens with one attached hydrogen (secondary N) is 1. The zero-order chi connectivity index (χ0) is 36.6. The lowest BCUT2D eigenvalue weighted by molar-refractivity contribution is -0.385. The summed E-state index contributed by atoms with van der Waals surface area (Å²) < 4.78 is 35.2. The van der Waals surface area contributed by atoms with Gasteiger partial charge in [0, 0.05) is 41.2 Å². The van der Waals surface area contributed by atoms with Crippen molar-refractivity contribution in [1.29, 1.82) is 0 Å². The van der Waals surface area contributed by atoms with Crippen LogP contribution in [-0.2, 0) is 32.6 Å². The monoisotopic (exact) mass is 740 g/mol. The largest absolute Gasteiger partial charge is 0.495 e. The van der Waals surface area contributed by atoms with Gasteiger partial charge in [-0.3, -0.25) is 24.0 Å². The Morgan fingerprint density at radius 3 is 2.24 bits per heavy atom. The van der Waals surface area contributed by atoms with E-state index < -0.39 is 49.9 Å². The predicted octanol–water partition coefficient (Wildman–Crippen LogP) is 6.83. The number of amides is 2. The number of rotatable bonds is 15. The number of anilines is 1. The lowest BCUT2D eigenvalue weighted by Crippen LogP contribution is -2.53. The molecule has 0 radical (unpaired) electrons. The van der Waals surface area contributed by atoms with Crippen LogP contribution < -0.4 is 14.4 Å². The Hall–Kier alpha value is -4.65. The molecule has 4 rings (SSSR count). The Labute approximate surface area is 302 Å². The first kappa shape index (κ1) is 38.2. The maximum absolute atomic E-state index is 14.7. The Balaban J connectivity index is 1.89. The fourth-order valence-electron chi connectivity index (χ4n) is 5.25. The molecule has 0 aromatic heterocycles. The number of benzene rings is 4. The Kier molecular flexibility index (Phi) is 12.9.